The van der Waals surface area contributed by atoms with Gasteiger partial charge in [0.15, 0.2) is 9.84 Å². The number of hydrogen-bond donors (Lipinski definition) is 2. The van der Waals surface area contributed by atoms with E-state index >= 15 is 0 Å². The molecule has 1 atom stereocenters. The molecule has 0 aliphatic heterocycles. The van der Waals surface area contributed by atoms with E-state index in [4.69, 9.17) is 5.11 Å². The van der Waals surface area contributed by atoms with Crippen molar-refractivity contribution in [3.05, 3.63) is 24.0 Å². The zero-order chi connectivity index (χ0) is 15.7. The summed E-state index contributed by atoms with van der Waals surface area (Å²) in [7, 11) is -8.21. The van der Waals surface area contributed by atoms with Gasteiger partial charge in [0.25, 0.3) is 0 Å². The highest BCUT2D eigenvalue weighted by Gasteiger charge is 2.25. The van der Waals surface area contributed by atoms with Crippen LogP contribution in [-0.4, -0.2) is 40.2 Å². The van der Waals surface area contributed by atoms with E-state index in [9.17, 15) is 26.0 Å². The summed E-state index contributed by atoms with van der Waals surface area (Å²) < 4.78 is 61.6. The van der Waals surface area contributed by atoms with Gasteiger partial charge < -0.3 is 5.11 Å². The molecule has 0 aliphatic rings. The Bertz CT molecular complexity index is 741. The number of carbonyl (C=O) groups is 1. The van der Waals surface area contributed by atoms with Gasteiger partial charge in [-0.2, -0.15) is 4.72 Å². The maximum atomic E-state index is 13.5. The molecule has 0 bridgehead atoms. The van der Waals surface area contributed by atoms with Crippen LogP contribution in [0.15, 0.2) is 28.0 Å². The topological polar surface area (TPSA) is 118 Å². The first-order chi connectivity index (χ1) is 8.95. The number of aliphatic carboxylic acids is 1. The molecule has 2 N–H and O–H groups in total. The van der Waals surface area contributed by atoms with Crippen LogP contribution < -0.4 is 4.72 Å². The van der Waals surface area contributed by atoms with Crippen molar-refractivity contribution >= 4 is 25.8 Å². The van der Waals surface area contributed by atoms with Gasteiger partial charge in [-0.3, -0.25) is 4.79 Å². The molecule has 0 heterocycles. The number of carboxylic acids is 1. The van der Waals surface area contributed by atoms with E-state index in [1.54, 1.807) is 4.72 Å². The number of carboxylic acid groups (broad SMARTS) is 1. The lowest BCUT2D eigenvalue weighted by Crippen LogP contribution is -2.38. The average Bonchev–Trinajstić information content (AvgIpc) is 2.26. The van der Waals surface area contributed by atoms with Crippen molar-refractivity contribution in [1.29, 1.82) is 0 Å². The van der Waals surface area contributed by atoms with Crippen LogP contribution in [-0.2, 0) is 24.7 Å². The average molecular weight is 325 g/mol. The Balaban J connectivity index is 3.35. The predicted octanol–water partition coefficient (Wildman–Crippen LogP) is -0.0194. The molecule has 0 saturated heterocycles. The van der Waals surface area contributed by atoms with Crippen molar-refractivity contribution < 1.29 is 31.1 Å². The molecule has 0 unspecified atom stereocenters. The normalized spacial score (nSPS) is 13.9. The highest BCUT2D eigenvalue weighted by Crippen LogP contribution is 2.19. The molecule has 10 heteroatoms. The number of sulfone groups is 1. The Kier molecular flexibility index (Phi) is 4.52. The van der Waals surface area contributed by atoms with E-state index in [2.05, 4.69) is 0 Å². The lowest BCUT2D eigenvalue weighted by atomic mass is 10.3. The van der Waals surface area contributed by atoms with Crippen molar-refractivity contribution in [2.75, 3.05) is 6.26 Å². The molecule has 7 nitrogen and oxygen atoms in total. The van der Waals surface area contributed by atoms with Crippen LogP contribution in [0.4, 0.5) is 4.39 Å². The molecule has 20 heavy (non-hydrogen) atoms. The smallest absolute Gasteiger partial charge is 0.321 e. The van der Waals surface area contributed by atoms with E-state index in [1.165, 1.54) is 0 Å². The molecule has 1 aromatic carbocycles. The first-order valence-corrected chi connectivity index (χ1v) is 8.57. The van der Waals surface area contributed by atoms with Crippen LogP contribution in [0.3, 0.4) is 0 Å². The van der Waals surface area contributed by atoms with Crippen LogP contribution in [0.25, 0.3) is 0 Å². The van der Waals surface area contributed by atoms with Crippen LogP contribution in [0.2, 0.25) is 0 Å². The number of nitrogens with one attached hydrogen (secondary N) is 1. The second-order valence-corrected chi connectivity index (χ2v) is 7.74. The lowest BCUT2D eigenvalue weighted by Gasteiger charge is -2.11. The summed E-state index contributed by atoms with van der Waals surface area (Å²) in [5.74, 6) is -2.63. The third-order valence-corrected chi connectivity index (χ3v) is 4.99. The van der Waals surface area contributed by atoms with E-state index in [1.807, 2.05) is 0 Å². The van der Waals surface area contributed by atoms with Crippen molar-refractivity contribution in [3.63, 3.8) is 0 Å². The Morgan fingerprint density at radius 3 is 2.30 bits per heavy atom. The van der Waals surface area contributed by atoms with Crippen LogP contribution in [0.1, 0.15) is 6.92 Å². The lowest BCUT2D eigenvalue weighted by molar-refractivity contribution is -0.138. The van der Waals surface area contributed by atoms with E-state index in [0.29, 0.717) is 12.1 Å². The fourth-order valence-electron chi connectivity index (χ4n) is 1.27. The highest BCUT2D eigenvalue weighted by molar-refractivity contribution is 7.91. The zero-order valence-corrected chi connectivity index (χ0v) is 12.1. The van der Waals surface area contributed by atoms with E-state index < -0.39 is 42.6 Å². The minimum atomic E-state index is -4.49. The number of rotatable bonds is 5. The highest BCUT2D eigenvalue weighted by atomic mass is 32.2. The third kappa shape index (κ3) is 3.74. The predicted molar refractivity (Wildman–Crippen MR) is 66.9 cm³/mol. The molecule has 1 rings (SSSR count). The minimum Gasteiger partial charge on any atom is -0.480 e. The standard InChI is InChI=1S/C10H12FNO6S2/c1-6(10(13)14)12-20(17,18)9-5-7(19(2,15)16)3-4-8(9)11/h3-6,12H,1-2H3,(H,13,14)/t6-/m1/s1. The number of sulfonamides is 1. The molecule has 0 aliphatic carbocycles. The van der Waals surface area contributed by atoms with Gasteiger partial charge in [-0.25, -0.2) is 21.2 Å². The first-order valence-electron chi connectivity index (χ1n) is 5.20. The van der Waals surface area contributed by atoms with Crippen molar-refractivity contribution in [3.8, 4) is 0 Å². The molecular formula is C10H12FNO6S2. The van der Waals surface area contributed by atoms with Gasteiger partial charge in [0.1, 0.15) is 16.8 Å². The second kappa shape index (κ2) is 5.46. The summed E-state index contributed by atoms with van der Waals surface area (Å²) in [6.07, 6.45) is 0.837. The largest absolute Gasteiger partial charge is 0.480 e. The maximum absolute atomic E-state index is 13.5. The van der Waals surface area contributed by atoms with Gasteiger partial charge in [0, 0.05) is 6.26 Å². The van der Waals surface area contributed by atoms with Crippen LogP contribution >= 0.6 is 0 Å². The van der Waals surface area contributed by atoms with Gasteiger partial charge in [0.2, 0.25) is 10.0 Å². The molecule has 0 aromatic heterocycles. The van der Waals surface area contributed by atoms with Crippen molar-refractivity contribution in [2.45, 2.75) is 22.8 Å². The Labute approximate surface area is 115 Å². The van der Waals surface area contributed by atoms with Crippen LogP contribution in [0.5, 0.6) is 0 Å². The Hall–Kier alpha value is -1.52. The summed E-state index contributed by atoms with van der Waals surface area (Å²) in [5.41, 5.74) is 0. The molecular weight excluding hydrogens is 313 g/mol. The number of hydrogen-bond acceptors (Lipinski definition) is 5. The molecule has 0 spiro atoms. The molecule has 0 radical (unpaired) electrons. The van der Waals surface area contributed by atoms with Gasteiger partial charge in [-0.1, -0.05) is 0 Å². The SMILES string of the molecule is C[C@@H](NS(=O)(=O)c1cc(S(C)(=O)=O)ccc1F)C(=O)O. The third-order valence-electron chi connectivity index (χ3n) is 2.32. The Morgan fingerprint density at radius 1 is 1.30 bits per heavy atom. The monoisotopic (exact) mass is 325 g/mol. The Morgan fingerprint density at radius 2 is 1.85 bits per heavy atom. The summed E-state index contributed by atoms with van der Waals surface area (Å²) in [6, 6.07) is 0.767. The van der Waals surface area contributed by atoms with Gasteiger partial charge in [-0.05, 0) is 25.1 Å². The van der Waals surface area contributed by atoms with Crippen molar-refractivity contribution in [1.82, 2.24) is 4.72 Å². The summed E-state index contributed by atoms with van der Waals surface area (Å²) in [4.78, 5) is 9.29. The van der Waals surface area contributed by atoms with Crippen LogP contribution in [0, 0.1) is 5.82 Å². The second-order valence-electron chi connectivity index (χ2n) is 4.05. The summed E-state index contributed by atoms with van der Waals surface area (Å²) in [6.45, 7) is 1.05. The molecule has 0 fully saturated rings. The van der Waals surface area contributed by atoms with Gasteiger partial charge >= 0.3 is 5.97 Å². The fraction of sp³-hybridized carbons (Fsp3) is 0.300. The molecule has 0 amide bonds. The number of benzene rings is 1. The summed E-state index contributed by atoms with van der Waals surface area (Å²) in [5, 5.41) is 8.63. The van der Waals surface area contributed by atoms with E-state index in [0.717, 1.165) is 19.2 Å². The van der Waals surface area contributed by atoms with E-state index in [-0.39, 0.29) is 4.90 Å². The maximum Gasteiger partial charge on any atom is 0.321 e. The molecule has 0 saturated carbocycles. The zero-order valence-electron chi connectivity index (χ0n) is 10.5. The fourth-order valence-corrected chi connectivity index (χ4v) is 3.29. The van der Waals surface area contributed by atoms with Gasteiger partial charge in [0.05, 0.1) is 4.90 Å². The van der Waals surface area contributed by atoms with Gasteiger partial charge in [-0.15, -0.1) is 0 Å². The first kappa shape index (κ1) is 16.5. The molecule has 1 aromatic rings. The minimum absolute atomic E-state index is 0.387. The molecule has 112 valence electrons. The number of halogens is 1. The van der Waals surface area contributed by atoms with Crippen molar-refractivity contribution in [2.24, 2.45) is 0 Å². The summed E-state index contributed by atoms with van der Waals surface area (Å²) >= 11 is 0. The quantitative estimate of drug-likeness (QED) is 0.735.